The second kappa shape index (κ2) is 11.1. The highest BCUT2D eigenvalue weighted by Crippen LogP contribution is 2.34. The van der Waals surface area contributed by atoms with Crippen molar-refractivity contribution in [1.82, 2.24) is 4.90 Å². The minimum absolute atomic E-state index is 0.202. The van der Waals surface area contributed by atoms with Crippen LogP contribution in [-0.2, 0) is 16.1 Å². The lowest BCUT2D eigenvalue weighted by Gasteiger charge is -2.12. The molecule has 3 aromatic rings. The molecule has 0 atom stereocenters. The maximum absolute atomic E-state index is 12.8. The molecule has 1 aliphatic heterocycles. The van der Waals surface area contributed by atoms with E-state index in [2.05, 4.69) is 21.2 Å². The highest BCUT2D eigenvalue weighted by molar-refractivity contribution is 9.10. The van der Waals surface area contributed by atoms with Gasteiger partial charge in [-0.05, 0) is 77.9 Å². The van der Waals surface area contributed by atoms with Crippen molar-refractivity contribution in [1.29, 1.82) is 0 Å². The standard InChI is InChI=1S/C26H20BrClN2O4S/c1-16-3-2-4-20(11-16)29-24(31)15-34-22-10-7-18(12-21(22)28)13-23-25(32)30(26(33)35-23)14-17-5-8-19(27)9-6-17/h2-13H,14-15H2,1H3,(H,29,31)/b23-13-. The van der Waals surface area contributed by atoms with Gasteiger partial charge in [0.15, 0.2) is 6.61 Å². The predicted molar refractivity (Wildman–Crippen MR) is 142 cm³/mol. The number of hydrogen-bond acceptors (Lipinski definition) is 5. The Bertz CT molecular complexity index is 1330. The van der Waals surface area contributed by atoms with Crippen LogP contribution in [0, 0.1) is 6.92 Å². The average molecular weight is 572 g/mol. The third-order valence-electron chi connectivity index (χ3n) is 5.04. The Labute approximate surface area is 220 Å². The van der Waals surface area contributed by atoms with Gasteiger partial charge >= 0.3 is 0 Å². The first-order chi connectivity index (χ1) is 16.8. The predicted octanol–water partition coefficient (Wildman–Crippen LogP) is 6.66. The Morgan fingerprint density at radius 1 is 1.11 bits per heavy atom. The number of rotatable bonds is 7. The largest absolute Gasteiger partial charge is 0.482 e. The fourth-order valence-electron chi connectivity index (χ4n) is 3.35. The molecule has 0 spiro atoms. The zero-order valence-electron chi connectivity index (χ0n) is 18.6. The van der Waals surface area contributed by atoms with Crippen LogP contribution in [0.15, 0.2) is 76.1 Å². The zero-order valence-corrected chi connectivity index (χ0v) is 21.7. The summed E-state index contributed by atoms with van der Waals surface area (Å²) in [5.74, 6) is -0.325. The van der Waals surface area contributed by atoms with E-state index in [1.54, 1.807) is 30.3 Å². The van der Waals surface area contributed by atoms with E-state index in [-0.39, 0.29) is 35.2 Å². The normalized spacial score (nSPS) is 14.5. The summed E-state index contributed by atoms with van der Waals surface area (Å²) < 4.78 is 6.48. The summed E-state index contributed by atoms with van der Waals surface area (Å²) in [6.45, 7) is 1.94. The number of nitrogens with one attached hydrogen (secondary N) is 1. The number of aryl methyl sites for hydroxylation is 1. The van der Waals surface area contributed by atoms with Crippen LogP contribution >= 0.6 is 39.3 Å². The topological polar surface area (TPSA) is 75.7 Å². The van der Waals surface area contributed by atoms with E-state index in [0.717, 1.165) is 27.4 Å². The second-order valence-corrected chi connectivity index (χ2v) is 10.1. The number of benzene rings is 3. The van der Waals surface area contributed by atoms with Gasteiger partial charge in [0.1, 0.15) is 5.75 Å². The Kier molecular flexibility index (Phi) is 7.95. The van der Waals surface area contributed by atoms with Gasteiger partial charge in [0, 0.05) is 10.2 Å². The van der Waals surface area contributed by atoms with Crippen LogP contribution in [0.4, 0.5) is 10.5 Å². The van der Waals surface area contributed by atoms with E-state index in [1.165, 1.54) is 4.90 Å². The van der Waals surface area contributed by atoms with Crippen LogP contribution < -0.4 is 10.1 Å². The number of amides is 3. The molecule has 4 rings (SSSR count). The number of carbonyl (C=O) groups is 3. The molecule has 1 heterocycles. The third-order valence-corrected chi connectivity index (χ3v) is 6.77. The Morgan fingerprint density at radius 3 is 2.60 bits per heavy atom. The number of nitrogens with zero attached hydrogens (tertiary/aromatic N) is 1. The van der Waals surface area contributed by atoms with Gasteiger partial charge in [-0.1, -0.05) is 57.9 Å². The molecule has 0 aliphatic carbocycles. The fourth-order valence-corrected chi connectivity index (χ4v) is 4.69. The summed E-state index contributed by atoms with van der Waals surface area (Å²) >= 11 is 10.6. The van der Waals surface area contributed by atoms with Crippen LogP contribution in [0.3, 0.4) is 0 Å². The molecule has 0 unspecified atom stereocenters. The van der Waals surface area contributed by atoms with Crippen molar-refractivity contribution in [3.8, 4) is 5.75 Å². The van der Waals surface area contributed by atoms with Crippen molar-refractivity contribution in [2.75, 3.05) is 11.9 Å². The Hall–Kier alpha value is -3.07. The Morgan fingerprint density at radius 2 is 1.89 bits per heavy atom. The highest BCUT2D eigenvalue weighted by Gasteiger charge is 2.35. The lowest BCUT2D eigenvalue weighted by molar-refractivity contribution is -0.123. The summed E-state index contributed by atoms with van der Waals surface area (Å²) in [7, 11) is 0. The smallest absolute Gasteiger partial charge is 0.293 e. The molecule has 3 amide bonds. The third kappa shape index (κ3) is 6.54. The van der Waals surface area contributed by atoms with Gasteiger partial charge in [-0.3, -0.25) is 19.3 Å². The maximum Gasteiger partial charge on any atom is 0.293 e. The van der Waals surface area contributed by atoms with Gasteiger partial charge in [-0.2, -0.15) is 0 Å². The number of imide groups is 1. The molecule has 1 aliphatic rings. The molecule has 0 radical (unpaired) electrons. The highest BCUT2D eigenvalue weighted by atomic mass is 79.9. The van der Waals surface area contributed by atoms with Crippen LogP contribution in [0.1, 0.15) is 16.7 Å². The van der Waals surface area contributed by atoms with E-state index >= 15 is 0 Å². The van der Waals surface area contributed by atoms with Gasteiger partial charge in [0.2, 0.25) is 0 Å². The number of hydrogen-bond donors (Lipinski definition) is 1. The van der Waals surface area contributed by atoms with E-state index in [9.17, 15) is 14.4 Å². The zero-order chi connectivity index (χ0) is 24.9. The molecule has 9 heteroatoms. The van der Waals surface area contributed by atoms with Gasteiger partial charge in [0.25, 0.3) is 17.1 Å². The summed E-state index contributed by atoms with van der Waals surface area (Å²) in [6.07, 6.45) is 1.62. The van der Waals surface area contributed by atoms with Crippen LogP contribution in [0.2, 0.25) is 5.02 Å². The Balaban J connectivity index is 1.38. The van der Waals surface area contributed by atoms with E-state index in [4.69, 9.17) is 16.3 Å². The number of thioether (sulfide) groups is 1. The van der Waals surface area contributed by atoms with Gasteiger partial charge in [0.05, 0.1) is 16.5 Å². The van der Waals surface area contributed by atoms with Crippen molar-refractivity contribution in [2.45, 2.75) is 13.5 Å². The van der Waals surface area contributed by atoms with E-state index in [0.29, 0.717) is 21.9 Å². The second-order valence-electron chi connectivity index (χ2n) is 7.79. The fraction of sp³-hybridized carbons (Fsp3) is 0.115. The number of anilines is 1. The summed E-state index contributed by atoms with van der Waals surface area (Å²) in [6, 6.07) is 19.9. The van der Waals surface area contributed by atoms with E-state index in [1.807, 2.05) is 49.4 Å². The van der Waals surface area contributed by atoms with Crippen LogP contribution in [0.5, 0.6) is 5.75 Å². The first-order valence-electron chi connectivity index (χ1n) is 10.6. The SMILES string of the molecule is Cc1cccc(NC(=O)COc2ccc(/C=C3\SC(=O)N(Cc4ccc(Br)cc4)C3=O)cc2Cl)c1. The molecule has 1 saturated heterocycles. The first-order valence-corrected chi connectivity index (χ1v) is 12.6. The van der Waals surface area contributed by atoms with Crippen molar-refractivity contribution < 1.29 is 19.1 Å². The molecular formula is C26H20BrClN2O4S. The molecule has 6 nitrogen and oxygen atoms in total. The van der Waals surface area contributed by atoms with Crippen LogP contribution in [0.25, 0.3) is 6.08 Å². The molecule has 178 valence electrons. The minimum atomic E-state index is -0.354. The number of carbonyl (C=O) groups excluding carboxylic acids is 3. The van der Waals surface area contributed by atoms with Crippen molar-refractivity contribution >= 4 is 68.1 Å². The molecular weight excluding hydrogens is 552 g/mol. The van der Waals surface area contributed by atoms with E-state index < -0.39 is 0 Å². The molecule has 35 heavy (non-hydrogen) atoms. The maximum atomic E-state index is 12.8. The summed E-state index contributed by atoms with van der Waals surface area (Å²) in [5, 5.41) is 2.73. The minimum Gasteiger partial charge on any atom is -0.482 e. The first kappa shape index (κ1) is 25.0. The molecule has 1 N–H and O–H groups in total. The van der Waals surface area contributed by atoms with Crippen molar-refractivity contribution in [2.24, 2.45) is 0 Å². The summed E-state index contributed by atoms with van der Waals surface area (Å²) in [4.78, 5) is 38.9. The average Bonchev–Trinajstić information content (AvgIpc) is 3.07. The molecule has 0 bridgehead atoms. The number of halogens is 2. The van der Waals surface area contributed by atoms with Gasteiger partial charge < -0.3 is 10.1 Å². The lowest BCUT2D eigenvalue weighted by atomic mass is 10.2. The number of ether oxygens (including phenoxy) is 1. The lowest BCUT2D eigenvalue weighted by Crippen LogP contribution is -2.27. The molecule has 0 saturated carbocycles. The molecule has 0 aromatic heterocycles. The van der Waals surface area contributed by atoms with Gasteiger partial charge in [-0.15, -0.1) is 0 Å². The molecule has 3 aromatic carbocycles. The van der Waals surface area contributed by atoms with Crippen molar-refractivity contribution in [3.05, 3.63) is 97.8 Å². The van der Waals surface area contributed by atoms with Gasteiger partial charge in [-0.25, -0.2) is 0 Å². The monoisotopic (exact) mass is 570 g/mol. The molecule has 1 fully saturated rings. The van der Waals surface area contributed by atoms with Crippen molar-refractivity contribution in [3.63, 3.8) is 0 Å². The summed E-state index contributed by atoms with van der Waals surface area (Å²) in [5.41, 5.74) is 3.22. The quantitative estimate of drug-likeness (QED) is 0.321. The van der Waals surface area contributed by atoms with Crippen LogP contribution in [-0.4, -0.2) is 28.6 Å².